The zero-order chi connectivity index (χ0) is 18.5. The summed E-state index contributed by atoms with van der Waals surface area (Å²) < 4.78 is 16.6. The van der Waals surface area contributed by atoms with Gasteiger partial charge in [0.05, 0.1) is 6.10 Å². The zero-order valence-corrected chi connectivity index (χ0v) is 14.6. The molecule has 1 unspecified atom stereocenters. The molecule has 0 bridgehead atoms. The lowest BCUT2D eigenvalue weighted by molar-refractivity contribution is 0.0680. The first kappa shape index (κ1) is 17.2. The van der Waals surface area contributed by atoms with E-state index in [9.17, 15) is 4.79 Å². The van der Waals surface area contributed by atoms with Crippen molar-refractivity contribution < 1.29 is 18.8 Å². The Labute approximate surface area is 156 Å². The molecule has 1 amide bonds. The SMILES string of the molecule is O=C(Nc1cccc(OCC2CCCO2)c1)c1cc(-c2cccnc2)on1. The van der Waals surface area contributed by atoms with Crippen LogP contribution in [0.4, 0.5) is 5.69 Å². The summed E-state index contributed by atoms with van der Waals surface area (Å²) >= 11 is 0. The van der Waals surface area contributed by atoms with Crippen LogP contribution in [0.2, 0.25) is 0 Å². The third-order valence-electron chi connectivity index (χ3n) is 4.24. The average Bonchev–Trinajstić information content (AvgIpc) is 3.39. The first-order valence-electron chi connectivity index (χ1n) is 8.81. The summed E-state index contributed by atoms with van der Waals surface area (Å²) in [6, 6.07) is 12.5. The minimum atomic E-state index is -0.356. The van der Waals surface area contributed by atoms with Gasteiger partial charge in [-0.25, -0.2) is 0 Å². The zero-order valence-electron chi connectivity index (χ0n) is 14.6. The number of rotatable bonds is 6. The number of amides is 1. The van der Waals surface area contributed by atoms with Crippen LogP contribution in [0.5, 0.6) is 5.75 Å². The van der Waals surface area contributed by atoms with Crippen molar-refractivity contribution >= 4 is 11.6 Å². The average molecular weight is 365 g/mol. The quantitative estimate of drug-likeness (QED) is 0.719. The van der Waals surface area contributed by atoms with Crippen molar-refractivity contribution in [2.75, 3.05) is 18.5 Å². The van der Waals surface area contributed by atoms with Gasteiger partial charge in [-0.15, -0.1) is 0 Å². The lowest BCUT2D eigenvalue weighted by Gasteiger charge is -2.12. The third-order valence-corrected chi connectivity index (χ3v) is 4.24. The van der Waals surface area contributed by atoms with Gasteiger partial charge in [0.1, 0.15) is 12.4 Å². The summed E-state index contributed by atoms with van der Waals surface area (Å²) in [5.41, 5.74) is 1.57. The highest BCUT2D eigenvalue weighted by atomic mass is 16.5. The van der Waals surface area contributed by atoms with Crippen LogP contribution >= 0.6 is 0 Å². The van der Waals surface area contributed by atoms with Crippen molar-refractivity contribution in [3.05, 3.63) is 60.6 Å². The summed E-state index contributed by atoms with van der Waals surface area (Å²) in [6.07, 6.45) is 5.55. The Balaban J connectivity index is 1.39. The molecule has 4 rings (SSSR count). The minimum Gasteiger partial charge on any atom is -0.491 e. The van der Waals surface area contributed by atoms with Crippen LogP contribution in [0.1, 0.15) is 23.3 Å². The fourth-order valence-electron chi connectivity index (χ4n) is 2.85. The van der Waals surface area contributed by atoms with Gasteiger partial charge in [0.25, 0.3) is 5.91 Å². The van der Waals surface area contributed by atoms with Crippen LogP contribution in [-0.2, 0) is 4.74 Å². The number of hydrogen-bond donors (Lipinski definition) is 1. The number of hydrogen-bond acceptors (Lipinski definition) is 6. The normalized spacial score (nSPS) is 16.2. The van der Waals surface area contributed by atoms with E-state index in [0.29, 0.717) is 23.8 Å². The van der Waals surface area contributed by atoms with Gasteiger partial charge in [-0.1, -0.05) is 11.2 Å². The van der Waals surface area contributed by atoms with Gasteiger partial charge in [-0.05, 0) is 37.1 Å². The molecule has 7 nitrogen and oxygen atoms in total. The molecule has 0 aliphatic carbocycles. The van der Waals surface area contributed by atoms with E-state index < -0.39 is 0 Å². The minimum absolute atomic E-state index is 0.143. The molecule has 27 heavy (non-hydrogen) atoms. The molecular weight excluding hydrogens is 346 g/mol. The van der Waals surface area contributed by atoms with Crippen molar-refractivity contribution in [3.63, 3.8) is 0 Å². The monoisotopic (exact) mass is 365 g/mol. The van der Waals surface area contributed by atoms with Gasteiger partial charge >= 0.3 is 0 Å². The first-order chi connectivity index (χ1) is 13.3. The van der Waals surface area contributed by atoms with Crippen LogP contribution in [0.25, 0.3) is 11.3 Å². The molecule has 0 spiro atoms. The molecule has 1 atom stereocenters. The number of benzene rings is 1. The summed E-state index contributed by atoms with van der Waals surface area (Å²) in [5.74, 6) is 0.812. The van der Waals surface area contributed by atoms with E-state index in [1.54, 1.807) is 36.7 Å². The van der Waals surface area contributed by atoms with Crippen molar-refractivity contribution in [1.82, 2.24) is 10.1 Å². The molecule has 2 aromatic heterocycles. The van der Waals surface area contributed by atoms with Crippen molar-refractivity contribution in [2.24, 2.45) is 0 Å². The molecule has 1 saturated heterocycles. The van der Waals surface area contributed by atoms with Crippen LogP contribution < -0.4 is 10.1 Å². The number of aromatic nitrogens is 2. The molecule has 1 N–H and O–H groups in total. The first-order valence-corrected chi connectivity index (χ1v) is 8.81. The molecule has 0 radical (unpaired) electrons. The van der Waals surface area contributed by atoms with Gasteiger partial charge in [-0.2, -0.15) is 0 Å². The predicted molar refractivity (Wildman–Crippen MR) is 98.6 cm³/mol. The van der Waals surface area contributed by atoms with Gasteiger partial charge in [0.2, 0.25) is 0 Å². The van der Waals surface area contributed by atoms with Crippen molar-refractivity contribution in [2.45, 2.75) is 18.9 Å². The number of pyridine rings is 1. The largest absolute Gasteiger partial charge is 0.491 e. The van der Waals surface area contributed by atoms with Crippen LogP contribution in [0, 0.1) is 0 Å². The van der Waals surface area contributed by atoms with E-state index in [1.807, 2.05) is 18.2 Å². The number of nitrogens with one attached hydrogen (secondary N) is 1. The third kappa shape index (κ3) is 4.32. The molecule has 1 aliphatic heterocycles. The molecule has 0 saturated carbocycles. The maximum absolute atomic E-state index is 12.4. The number of anilines is 1. The maximum atomic E-state index is 12.4. The number of ether oxygens (including phenoxy) is 2. The summed E-state index contributed by atoms with van der Waals surface area (Å²) in [7, 11) is 0. The van der Waals surface area contributed by atoms with Crippen LogP contribution in [-0.4, -0.2) is 35.4 Å². The standard InChI is InChI=1S/C20H19N3O4/c24-20(18-11-19(27-23-18)14-4-2-8-21-12-14)22-15-5-1-6-16(10-15)26-13-17-7-3-9-25-17/h1-2,4-6,8,10-12,17H,3,7,9,13H2,(H,22,24). The lowest BCUT2D eigenvalue weighted by atomic mass is 10.2. The second-order valence-electron chi connectivity index (χ2n) is 6.25. The molecule has 7 heteroatoms. The summed E-state index contributed by atoms with van der Waals surface area (Å²) in [5, 5.41) is 6.64. The Morgan fingerprint density at radius 2 is 2.22 bits per heavy atom. The smallest absolute Gasteiger partial charge is 0.277 e. The van der Waals surface area contributed by atoms with Crippen LogP contribution in [0.15, 0.2) is 59.4 Å². The predicted octanol–water partition coefficient (Wildman–Crippen LogP) is 3.55. The van der Waals surface area contributed by atoms with Crippen LogP contribution in [0.3, 0.4) is 0 Å². The summed E-state index contributed by atoms with van der Waals surface area (Å²) in [6.45, 7) is 1.30. The van der Waals surface area contributed by atoms with E-state index in [0.717, 1.165) is 25.0 Å². The van der Waals surface area contributed by atoms with E-state index in [4.69, 9.17) is 14.0 Å². The number of nitrogens with zero attached hydrogens (tertiary/aromatic N) is 2. The van der Waals surface area contributed by atoms with E-state index in [2.05, 4.69) is 15.5 Å². The van der Waals surface area contributed by atoms with E-state index in [1.165, 1.54) is 0 Å². The lowest BCUT2D eigenvalue weighted by Crippen LogP contribution is -2.16. The molecular formula is C20H19N3O4. The van der Waals surface area contributed by atoms with Crippen molar-refractivity contribution in [1.29, 1.82) is 0 Å². The Hall–Kier alpha value is -3.19. The molecule has 1 aromatic carbocycles. The second kappa shape index (κ2) is 8.01. The highest BCUT2D eigenvalue weighted by Gasteiger charge is 2.17. The Morgan fingerprint density at radius 3 is 3.04 bits per heavy atom. The van der Waals surface area contributed by atoms with E-state index in [-0.39, 0.29) is 17.7 Å². The highest BCUT2D eigenvalue weighted by molar-refractivity contribution is 6.03. The molecule has 3 aromatic rings. The fourth-order valence-corrected chi connectivity index (χ4v) is 2.85. The Morgan fingerprint density at radius 1 is 1.26 bits per heavy atom. The molecule has 138 valence electrons. The van der Waals surface area contributed by atoms with Gasteiger partial charge in [0, 0.05) is 42.4 Å². The maximum Gasteiger partial charge on any atom is 0.277 e. The number of carbonyl (C=O) groups excluding carboxylic acids is 1. The van der Waals surface area contributed by atoms with Crippen molar-refractivity contribution in [3.8, 4) is 17.1 Å². The Kier molecular flexibility index (Phi) is 5.11. The molecule has 1 aliphatic rings. The van der Waals surface area contributed by atoms with Gasteiger partial charge < -0.3 is 19.3 Å². The Bertz CT molecular complexity index is 904. The molecule has 3 heterocycles. The molecule has 1 fully saturated rings. The van der Waals surface area contributed by atoms with E-state index >= 15 is 0 Å². The van der Waals surface area contributed by atoms with Gasteiger partial charge in [-0.3, -0.25) is 9.78 Å². The number of carbonyl (C=O) groups is 1. The highest BCUT2D eigenvalue weighted by Crippen LogP contribution is 2.22. The van der Waals surface area contributed by atoms with Gasteiger partial charge in [0.15, 0.2) is 11.5 Å². The fraction of sp³-hybridized carbons (Fsp3) is 0.250. The second-order valence-corrected chi connectivity index (χ2v) is 6.25. The topological polar surface area (TPSA) is 86.5 Å². The summed E-state index contributed by atoms with van der Waals surface area (Å²) in [4.78, 5) is 16.5.